The van der Waals surface area contributed by atoms with Crippen molar-refractivity contribution >= 4 is 22.7 Å². The fourth-order valence-corrected chi connectivity index (χ4v) is 6.27. The maximum atomic E-state index is 14.2. The van der Waals surface area contributed by atoms with E-state index in [-0.39, 0.29) is 24.3 Å². The molecule has 0 bridgehead atoms. The van der Waals surface area contributed by atoms with E-state index in [0.29, 0.717) is 31.2 Å². The summed E-state index contributed by atoms with van der Waals surface area (Å²) in [6, 6.07) is 13.9. The topological polar surface area (TPSA) is 92.7 Å². The van der Waals surface area contributed by atoms with Gasteiger partial charge in [-0.1, -0.05) is 30.3 Å². The first-order valence-electron chi connectivity index (χ1n) is 13.4. The number of methoxy groups -OCH3 is 1. The smallest absolute Gasteiger partial charge is 0.254 e. The van der Waals surface area contributed by atoms with E-state index in [1.807, 2.05) is 61.0 Å². The third-order valence-corrected chi connectivity index (χ3v) is 8.11. The number of ether oxygens (including phenoxy) is 2. The summed E-state index contributed by atoms with van der Waals surface area (Å²) in [7, 11) is 1.63. The number of carbonyl (C=O) groups excluding carboxylic acids is 2. The minimum atomic E-state index is -1.14. The number of para-hydroxylation sites is 2. The van der Waals surface area contributed by atoms with Crippen molar-refractivity contribution in [3.05, 3.63) is 78.0 Å². The molecule has 4 heterocycles. The maximum absolute atomic E-state index is 14.2. The number of aromatic nitrogens is 3. The summed E-state index contributed by atoms with van der Waals surface area (Å²) in [4.78, 5) is 39.1. The van der Waals surface area contributed by atoms with E-state index in [1.165, 1.54) is 0 Å². The number of hydrogen-bond acceptors (Lipinski definition) is 5. The van der Waals surface area contributed by atoms with E-state index in [4.69, 9.17) is 9.47 Å². The Morgan fingerprint density at radius 1 is 1.13 bits per heavy atom. The van der Waals surface area contributed by atoms with Crippen LogP contribution in [0.25, 0.3) is 10.9 Å². The number of amides is 2. The number of rotatable bonds is 8. The van der Waals surface area contributed by atoms with Crippen LogP contribution in [-0.4, -0.2) is 69.5 Å². The van der Waals surface area contributed by atoms with Crippen molar-refractivity contribution in [1.82, 2.24) is 24.3 Å². The molecule has 2 aromatic heterocycles. The Labute approximate surface area is 227 Å². The van der Waals surface area contributed by atoms with Gasteiger partial charge in [0.1, 0.15) is 0 Å². The second kappa shape index (κ2) is 9.80. The van der Waals surface area contributed by atoms with Crippen LogP contribution in [-0.2, 0) is 21.7 Å². The molecule has 202 valence electrons. The van der Waals surface area contributed by atoms with E-state index in [1.54, 1.807) is 29.4 Å². The molecule has 2 aliphatic rings. The van der Waals surface area contributed by atoms with Crippen molar-refractivity contribution in [1.29, 1.82) is 0 Å². The summed E-state index contributed by atoms with van der Waals surface area (Å²) >= 11 is 0. The summed E-state index contributed by atoms with van der Waals surface area (Å²) in [6.07, 6.45) is 6.14. The second-order valence-corrected chi connectivity index (χ2v) is 10.3. The first kappa shape index (κ1) is 25.0. The molecule has 2 amide bonds. The molecule has 9 heteroatoms. The first-order valence-corrected chi connectivity index (χ1v) is 13.4. The summed E-state index contributed by atoms with van der Waals surface area (Å²) in [6.45, 7) is 5.97. The minimum absolute atomic E-state index is 0.0603. The standard InChI is InChI=1S/C30H33N5O4/c1-4-39-27-20(10-7-12-24(27)38-3)22-17-35-25(36)18-34(15-8-14-33-16-13-31-19-33)29(37)30(35,2)28-26(22)21-9-5-6-11-23(21)32-28/h5-7,9-13,16,19,22,32H,4,8,14-15,17-18H2,1-3H3/t22-,30+/m1/s1. The molecule has 1 saturated heterocycles. The van der Waals surface area contributed by atoms with Crippen molar-refractivity contribution in [2.45, 2.75) is 38.3 Å². The van der Waals surface area contributed by atoms with Gasteiger partial charge in [-0.25, -0.2) is 4.98 Å². The molecule has 2 aromatic carbocycles. The number of nitrogens with one attached hydrogen (secondary N) is 1. The SMILES string of the molecule is CCOc1c(OC)cccc1[C@H]1CN2C(=O)CN(CCCn3ccnc3)C(=O)[C@]2(C)c2[nH]c3ccccc3c21. The molecule has 0 saturated carbocycles. The van der Waals surface area contributed by atoms with Crippen LogP contribution in [0, 0.1) is 0 Å². The highest BCUT2D eigenvalue weighted by Gasteiger charge is 2.56. The number of nitrogens with zero attached hydrogens (tertiary/aromatic N) is 4. The van der Waals surface area contributed by atoms with Crippen LogP contribution in [0.1, 0.15) is 43.0 Å². The number of hydrogen-bond donors (Lipinski definition) is 1. The number of H-pyrrole nitrogens is 1. The zero-order valence-corrected chi connectivity index (χ0v) is 22.5. The highest BCUT2D eigenvalue weighted by molar-refractivity contribution is 6.01. The van der Waals surface area contributed by atoms with Crippen LogP contribution in [0.4, 0.5) is 0 Å². The van der Waals surface area contributed by atoms with Crippen molar-refractivity contribution in [3.8, 4) is 11.5 Å². The molecule has 6 rings (SSSR count). The normalized spacial score (nSPS) is 20.7. The number of carbonyl (C=O) groups is 2. The summed E-state index contributed by atoms with van der Waals surface area (Å²) < 4.78 is 13.7. The van der Waals surface area contributed by atoms with E-state index in [9.17, 15) is 9.59 Å². The van der Waals surface area contributed by atoms with Gasteiger partial charge in [-0.3, -0.25) is 9.59 Å². The van der Waals surface area contributed by atoms with Gasteiger partial charge >= 0.3 is 0 Å². The number of piperazine rings is 1. The largest absolute Gasteiger partial charge is 0.493 e. The Bertz CT molecular complexity index is 1530. The third-order valence-electron chi connectivity index (χ3n) is 8.11. The molecule has 2 atom stereocenters. The molecule has 1 N–H and O–H groups in total. The van der Waals surface area contributed by atoms with Gasteiger partial charge in [-0.05, 0) is 38.0 Å². The molecule has 0 spiro atoms. The second-order valence-electron chi connectivity index (χ2n) is 10.3. The molecule has 4 aromatic rings. The lowest BCUT2D eigenvalue weighted by molar-refractivity contribution is -0.166. The molecule has 0 aliphatic carbocycles. The van der Waals surface area contributed by atoms with Gasteiger partial charge in [0.15, 0.2) is 17.0 Å². The average molecular weight is 528 g/mol. The molecule has 2 aliphatic heterocycles. The summed E-state index contributed by atoms with van der Waals surface area (Å²) in [5.41, 5.74) is 2.53. The number of aromatic amines is 1. The predicted molar refractivity (Wildman–Crippen MR) is 147 cm³/mol. The quantitative estimate of drug-likeness (QED) is 0.375. The predicted octanol–water partition coefficient (Wildman–Crippen LogP) is 3.89. The number of fused-ring (bicyclic) bond motifs is 5. The van der Waals surface area contributed by atoms with Crippen LogP contribution in [0.3, 0.4) is 0 Å². The molecule has 0 unspecified atom stereocenters. The Morgan fingerprint density at radius 2 is 1.97 bits per heavy atom. The van der Waals surface area contributed by atoms with Gasteiger partial charge in [-0.2, -0.15) is 0 Å². The van der Waals surface area contributed by atoms with Crippen LogP contribution >= 0.6 is 0 Å². The van der Waals surface area contributed by atoms with Crippen LogP contribution in [0.2, 0.25) is 0 Å². The summed E-state index contributed by atoms with van der Waals surface area (Å²) in [5, 5.41) is 1.04. The van der Waals surface area contributed by atoms with Gasteiger partial charge < -0.3 is 28.8 Å². The number of imidazole rings is 1. The monoisotopic (exact) mass is 527 g/mol. The van der Waals surface area contributed by atoms with Crippen LogP contribution in [0.5, 0.6) is 11.5 Å². The highest BCUT2D eigenvalue weighted by Crippen LogP contribution is 2.50. The van der Waals surface area contributed by atoms with Crippen molar-refractivity contribution in [3.63, 3.8) is 0 Å². The Kier molecular flexibility index (Phi) is 6.29. The Morgan fingerprint density at radius 3 is 2.74 bits per heavy atom. The Hall–Kier alpha value is -4.27. The van der Waals surface area contributed by atoms with Crippen LogP contribution < -0.4 is 9.47 Å². The van der Waals surface area contributed by atoms with Gasteiger partial charge in [0, 0.05) is 54.4 Å². The minimum Gasteiger partial charge on any atom is -0.493 e. The third kappa shape index (κ3) is 3.95. The van der Waals surface area contributed by atoms with E-state index >= 15 is 0 Å². The Balaban J connectivity index is 1.45. The van der Waals surface area contributed by atoms with Gasteiger partial charge in [0.05, 0.1) is 32.3 Å². The van der Waals surface area contributed by atoms with E-state index < -0.39 is 5.54 Å². The lowest BCUT2D eigenvalue weighted by atomic mass is 9.76. The molecule has 39 heavy (non-hydrogen) atoms. The van der Waals surface area contributed by atoms with Gasteiger partial charge in [0.2, 0.25) is 5.91 Å². The molecular formula is C30H33N5O4. The fraction of sp³-hybridized carbons (Fsp3) is 0.367. The molecular weight excluding hydrogens is 494 g/mol. The molecule has 9 nitrogen and oxygen atoms in total. The van der Waals surface area contributed by atoms with Crippen molar-refractivity contribution in [2.24, 2.45) is 0 Å². The van der Waals surface area contributed by atoms with E-state index in [0.717, 1.165) is 40.7 Å². The van der Waals surface area contributed by atoms with Crippen molar-refractivity contribution in [2.75, 3.05) is 33.4 Å². The van der Waals surface area contributed by atoms with E-state index in [2.05, 4.69) is 16.0 Å². The zero-order chi connectivity index (χ0) is 27.1. The number of benzene rings is 2. The van der Waals surface area contributed by atoms with Crippen molar-refractivity contribution < 1.29 is 19.1 Å². The average Bonchev–Trinajstić information content (AvgIpc) is 3.61. The fourth-order valence-electron chi connectivity index (χ4n) is 6.27. The summed E-state index contributed by atoms with van der Waals surface area (Å²) in [5.74, 6) is 0.994. The van der Waals surface area contributed by atoms with Gasteiger partial charge in [-0.15, -0.1) is 0 Å². The lowest BCUT2D eigenvalue weighted by Gasteiger charge is -2.51. The number of aryl methyl sites for hydroxylation is 1. The first-order chi connectivity index (χ1) is 19.0. The maximum Gasteiger partial charge on any atom is 0.254 e. The zero-order valence-electron chi connectivity index (χ0n) is 22.5. The molecule has 0 radical (unpaired) electrons. The van der Waals surface area contributed by atoms with Gasteiger partial charge in [0.25, 0.3) is 5.91 Å². The van der Waals surface area contributed by atoms with Crippen LogP contribution in [0.15, 0.2) is 61.2 Å². The highest BCUT2D eigenvalue weighted by atomic mass is 16.5. The molecule has 1 fully saturated rings. The lowest BCUT2D eigenvalue weighted by Crippen LogP contribution is -2.67.